The van der Waals surface area contributed by atoms with E-state index in [1.807, 2.05) is 23.1 Å². The molecule has 5 nitrogen and oxygen atoms in total. The third kappa shape index (κ3) is 3.02. The predicted octanol–water partition coefficient (Wildman–Crippen LogP) is 2.91. The summed E-state index contributed by atoms with van der Waals surface area (Å²) >= 11 is 0. The van der Waals surface area contributed by atoms with E-state index >= 15 is 0 Å². The molecule has 2 aromatic carbocycles. The minimum absolute atomic E-state index is 0.00239. The third-order valence-electron chi connectivity index (χ3n) is 4.34. The van der Waals surface area contributed by atoms with Crippen LogP contribution in [0, 0.1) is 0 Å². The van der Waals surface area contributed by atoms with E-state index in [4.69, 9.17) is 14.2 Å². The van der Waals surface area contributed by atoms with Gasteiger partial charge >= 0.3 is 0 Å². The number of carbonyl (C=O) groups excluding carboxylic acids is 1. The molecule has 1 heterocycles. The number of methoxy groups -OCH3 is 3. The first kappa shape index (κ1) is 16.2. The highest BCUT2D eigenvalue weighted by Crippen LogP contribution is 2.29. The zero-order valence-electron chi connectivity index (χ0n) is 14.2. The summed E-state index contributed by atoms with van der Waals surface area (Å²) in [5.41, 5.74) is 3.01. The van der Waals surface area contributed by atoms with Gasteiger partial charge in [0.25, 0.3) is 5.91 Å². The molecule has 0 saturated heterocycles. The number of carbonyl (C=O) groups is 1. The number of rotatable bonds is 4. The van der Waals surface area contributed by atoms with Gasteiger partial charge in [0.2, 0.25) is 0 Å². The van der Waals surface area contributed by atoms with Gasteiger partial charge in [-0.1, -0.05) is 6.07 Å². The largest absolute Gasteiger partial charge is 0.497 e. The van der Waals surface area contributed by atoms with Crippen molar-refractivity contribution in [1.29, 1.82) is 0 Å². The van der Waals surface area contributed by atoms with Gasteiger partial charge in [0, 0.05) is 18.7 Å². The van der Waals surface area contributed by atoms with Crippen molar-refractivity contribution in [3.8, 4) is 17.2 Å². The summed E-state index contributed by atoms with van der Waals surface area (Å²) in [6.45, 7) is 1.29. The molecule has 1 amide bonds. The lowest BCUT2D eigenvalue weighted by atomic mass is 9.98. The summed E-state index contributed by atoms with van der Waals surface area (Å²) in [4.78, 5) is 14.7. The number of hydrogen-bond acceptors (Lipinski definition) is 4. The molecule has 5 heteroatoms. The van der Waals surface area contributed by atoms with E-state index in [1.54, 1.807) is 39.5 Å². The number of benzene rings is 2. The van der Waals surface area contributed by atoms with Crippen LogP contribution in [-0.4, -0.2) is 38.7 Å². The van der Waals surface area contributed by atoms with Crippen molar-refractivity contribution >= 4 is 5.91 Å². The van der Waals surface area contributed by atoms with E-state index in [0.717, 1.165) is 17.7 Å². The molecule has 0 N–H and O–H groups in total. The average Bonchev–Trinajstić information content (AvgIpc) is 2.65. The van der Waals surface area contributed by atoms with Gasteiger partial charge in [0.05, 0.1) is 21.3 Å². The third-order valence-corrected chi connectivity index (χ3v) is 4.34. The van der Waals surface area contributed by atoms with E-state index in [0.29, 0.717) is 30.2 Å². The second kappa shape index (κ2) is 6.83. The van der Waals surface area contributed by atoms with Crippen molar-refractivity contribution in [2.75, 3.05) is 27.9 Å². The molecule has 0 radical (unpaired) electrons. The smallest absolute Gasteiger partial charge is 0.254 e. The van der Waals surface area contributed by atoms with Crippen molar-refractivity contribution < 1.29 is 19.0 Å². The van der Waals surface area contributed by atoms with Gasteiger partial charge in [-0.25, -0.2) is 0 Å². The normalized spacial score (nSPS) is 13.2. The Morgan fingerprint density at radius 1 is 0.917 bits per heavy atom. The minimum atomic E-state index is -0.00239. The van der Waals surface area contributed by atoms with Crippen LogP contribution in [0.1, 0.15) is 21.5 Å². The second-order valence-electron chi connectivity index (χ2n) is 5.68. The quantitative estimate of drug-likeness (QED) is 0.866. The van der Waals surface area contributed by atoms with Gasteiger partial charge in [-0.2, -0.15) is 0 Å². The van der Waals surface area contributed by atoms with Crippen molar-refractivity contribution in [2.45, 2.75) is 13.0 Å². The number of nitrogens with zero attached hydrogens (tertiary/aromatic N) is 1. The molecule has 0 aromatic heterocycles. The van der Waals surface area contributed by atoms with Gasteiger partial charge in [-0.15, -0.1) is 0 Å². The van der Waals surface area contributed by atoms with Crippen LogP contribution in [-0.2, 0) is 13.0 Å². The Labute approximate surface area is 141 Å². The summed E-state index contributed by atoms with van der Waals surface area (Å²) in [5, 5.41) is 0. The Kier molecular flexibility index (Phi) is 4.60. The lowest BCUT2D eigenvalue weighted by Gasteiger charge is -2.29. The van der Waals surface area contributed by atoms with Crippen LogP contribution < -0.4 is 14.2 Å². The van der Waals surface area contributed by atoms with Crippen molar-refractivity contribution in [1.82, 2.24) is 4.90 Å². The van der Waals surface area contributed by atoms with Gasteiger partial charge in [0.1, 0.15) is 5.75 Å². The molecule has 0 fully saturated rings. The zero-order chi connectivity index (χ0) is 17.1. The summed E-state index contributed by atoms with van der Waals surface area (Å²) in [5.74, 6) is 2.03. The molecule has 2 aromatic rings. The molecule has 0 atom stereocenters. The van der Waals surface area contributed by atoms with Gasteiger partial charge in [-0.05, 0) is 47.9 Å². The maximum absolute atomic E-state index is 12.8. The Balaban J connectivity index is 1.81. The average molecular weight is 327 g/mol. The van der Waals surface area contributed by atoms with Crippen LogP contribution >= 0.6 is 0 Å². The maximum atomic E-state index is 12.8. The summed E-state index contributed by atoms with van der Waals surface area (Å²) in [6, 6.07) is 11.3. The molecule has 0 bridgehead atoms. The van der Waals surface area contributed by atoms with Gasteiger partial charge in [-0.3, -0.25) is 4.79 Å². The van der Waals surface area contributed by atoms with Crippen LogP contribution in [0.3, 0.4) is 0 Å². The lowest BCUT2D eigenvalue weighted by molar-refractivity contribution is 0.0734. The molecule has 3 rings (SSSR count). The van der Waals surface area contributed by atoms with E-state index in [2.05, 4.69) is 0 Å². The molecule has 0 unspecified atom stereocenters. The lowest BCUT2D eigenvalue weighted by Crippen LogP contribution is -2.35. The number of hydrogen-bond donors (Lipinski definition) is 0. The molecule has 0 saturated carbocycles. The first-order valence-corrected chi connectivity index (χ1v) is 7.83. The SMILES string of the molecule is COc1ccc2c(c1)CCN(C(=O)c1ccc(OC)c(OC)c1)C2. The fourth-order valence-electron chi connectivity index (χ4n) is 2.98. The predicted molar refractivity (Wildman–Crippen MR) is 91.0 cm³/mol. The highest BCUT2D eigenvalue weighted by Gasteiger charge is 2.23. The van der Waals surface area contributed by atoms with Crippen molar-refractivity contribution in [3.63, 3.8) is 0 Å². The minimum Gasteiger partial charge on any atom is -0.497 e. The highest BCUT2D eigenvalue weighted by molar-refractivity contribution is 5.95. The van der Waals surface area contributed by atoms with Crippen LogP contribution in [0.5, 0.6) is 17.2 Å². The standard InChI is InChI=1S/C19H21NO4/c1-22-16-6-4-15-12-20(9-8-13(15)10-16)19(21)14-5-7-17(23-2)18(11-14)24-3/h4-7,10-11H,8-9,12H2,1-3H3. The fourth-order valence-corrected chi connectivity index (χ4v) is 2.98. The molecule has 24 heavy (non-hydrogen) atoms. The fraction of sp³-hybridized carbons (Fsp3) is 0.316. The zero-order valence-corrected chi connectivity index (χ0v) is 14.2. The molecular formula is C19H21NO4. The molecule has 1 aliphatic rings. The monoisotopic (exact) mass is 327 g/mol. The molecular weight excluding hydrogens is 306 g/mol. The molecule has 126 valence electrons. The maximum Gasteiger partial charge on any atom is 0.254 e. The number of fused-ring (bicyclic) bond motifs is 1. The number of ether oxygens (including phenoxy) is 3. The van der Waals surface area contributed by atoms with E-state index < -0.39 is 0 Å². The van der Waals surface area contributed by atoms with Gasteiger partial charge < -0.3 is 19.1 Å². The van der Waals surface area contributed by atoms with E-state index in [-0.39, 0.29) is 5.91 Å². The Bertz CT molecular complexity index is 757. The van der Waals surface area contributed by atoms with Crippen molar-refractivity contribution in [2.24, 2.45) is 0 Å². The first-order chi connectivity index (χ1) is 11.7. The molecule has 0 aliphatic carbocycles. The van der Waals surface area contributed by atoms with Crippen molar-refractivity contribution in [3.05, 3.63) is 53.1 Å². The van der Waals surface area contributed by atoms with Crippen LogP contribution in [0.15, 0.2) is 36.4 Å². The number of amides is 1. The first-order valence-electron chi connectivity index (χ1n) is 7.83. The Hall–Kier alpha value is -2.69. The summed E-state index contributed by atoms with van der Waals surface area (Å²) in [6.07, 6.45) is 0.825. The summed E-state index contributed by atoms with van der Waals surface area (Å²) < 4.78 is 15.8. The van der Waals surface area contributed by atoms with Gasteiger partial charge in [0.15, 0.2) is 11.5 Å². The Morgan fingerprint density at radius 3 is 2.42 bits per heavy atom. The van der Waals surface area contributed by atoms with E-state index in [1.165, 1.54) is 5.56 Å². The van der Waals surface area contributed by atoms with Crippen LogP contribution in [0.4, 0.5) is 0 Å². The summed E-state index contributed by atoms with van der Waals surface area (Å²) in [7, 11) is 4.81. The van der Waals surface area contributed by atoms with Crippen LogP contribution in [0.25, 0.3) is 0 Å². The van der Waals surface area contributed by atoms with E-state index in [9.17, 15) is 4.79 Å². The topological polar surface area (TPSA) is 48.0 Å². The Morgan fingerprint density at radius 2 is 1.71 bits per heavy atom. The molecule has 1 aliphatic heterocycles. The highest BCUT2D eigenvalue weighted by atomic mass is 16.5. The second-order valence-corrected chi connectivity index (χ2v) is 5.68. The molecule has 0 spiro atoms. The van der Waals surface area contributed by atoms with Crippen LogP contribution in [0.2, 0.25) is 0 Å².